The highest BCUT2D eigenvalue weighted by atomic mass is 16.7. The van der Waals surface area contributed by atoms with E-state index in [-0.39, 0.29) is 35.5 Å². The van der Waals surface area contributed by atoms with Crippen molar-refractivity contribution in [3.63, 3.8) is 0 Å². The maximum absolute atomic E-state index is 13.5. The summed E-state index contributed by atoms with van der Waals surface area (Å²) >= 11 is 0. The summed E-state index contributed by atoms with van der Waals surface area (Å²) in [6, 6.07) is 11.8. The first-order chi connectivity index (χ1) is 17.7. The Labute approximate surface area is 217 Å². The summed E-state index contributed by atoms with van der Waals surface area (Å²) in [6.07, 6.45) is 4.58. The number of aromatic nitrogens is 1. The molecule has 37 heavy (non-hydrogen) atoms. The Balaban J connectivity index is 1.15. The number of likely N-dealkylation sites (tertiary alicyclic amines) is 1. The predicted octanol–water partition coefficient (Wildman–Crippen LogP) is 5.25. The first kappa shape index (κ1) is 24.3. The van der Waals surface area contributed by atoms with Crippen LogP contribution in [0, 0.1) is 5.41 Å². The largest absolute Gasteiger partial charge is 0.444 e. The van der Waals surface area contributed by atoms with Crippen LogP contribution in [0.25, 0.3) is 0 Å². The number of urea groups is 1. The number of fused-ring (bicyclic) bond motifs is 3. The first-order valence-corrected chi connectivity index (χ1v) is 13.4. The van der Waals surface area contributed by atoms with Crippen molar-refractivity contribution in [1.82, 2.24) is 20.0 Å². The molecule has 2 aromatic rings. The molecule has 2 bridgehead atoms. The molecule has 0 radical (unpaired) electrons. The fourth-order valence-electron chi connectivity index (χ4n) is 6.11. The SMILES string of the molecule is CC(C)(C)OC(=O)N1CCCC(c2cc([C@@H]3CC4(CC4)[C@@H]4CN3C(=O)N4OCc3ccccc3)no2)C1. The molecule has 4 aliphatic rings. The average molecular weight is 509 g/mol. The third kappa shape index (κ3) is 4.69. The van der Waals surface area contributed by atoms with Crippen molar-refractivity contribution in [1.29, 1.82) is 0 Å². The van der Waals surface area contributed by atoms with Crippen LogP contribution in [-0.2, 0) is 16.2 Å². The Hall–Kier alpha value is -3.07. The molecule has 3 amide bonds. The van der Waals surface area contributed by atoms with Crippen LogP contribution in [0.15, 0.2) is 40.9 Å². The third-order valence-electron chi connectivity index (χ3n) is 8.24. The second-order valence-corrected chi connectivity index (χ2v) is 12.0. The Morgan fingerprint density at radius 2 is 1.97 bits per heavy atom. The van der Waals surface area contributed by atoms with E-state index in [1.807, 2.05) is 62.1 Å². The molecule has 3 saturated heterocycles. The summed E-state index contributed by atoms with van der Waals surface area (Å²) in [5, 5.41) is 6.07. The fraction of sp³-hybridized carbons (Fsp3) is 0.607. The van der Waals surface area contributed by atoms with E-state index in [1.54, 1.807) is 9.96 Å². The predicted molar refractivity (Wildman–Crippen MR) is 134 cm³/mol. The topological polar surface area (TPSA) is 88.4 Å². The van der Waals surface area contributed by atoms with Gasteiger partial charge in [0.15, 0.2) is 0 Å². The van der Waals surface area contributed by atoms with Crippen LogP contribution in [0.2, 0.25) is 0 Å². The summed E-state index contributed by atoms with van der Waals surface area (Å²) in [5.41, 5.74) is 1.40. The number of hydrogen-bond donors (Lipinski definition) is 0. The minimum absolute atomic E-state index is 0.0636. The first-order valence-electron chi connectivity index (χ1n) is 13.4. The maximum atomic E-state index is 13.5. The number of rotatable bonds is 5. The van der Waals surface area contributed by atoms with E-state index < -0.39 is 5.60 Å². The number of amides is 3. The molecule has 1 aliphatic carbocycles. The van der Waals surface area contributed by atoms with Crippen molar-refractivity contribution in [2.24, 2.45) is 5.41 Å². The van der Waals surface area contributed by atoms with Crippen LogP contribution < -0.4 is 0 Å². The molecule has 198 valence electrons. The van der Waals surface area contributed by atoms with Gasteiger partial charge in [-0.25, -0.2) is 9.59 Å². The number of hydrogen-bond acceptors (Lipinski definition) is 6. The van der Waals surface area contributed by atoms with Gasteiger partial charge in [-0.2, -0.15) is 5.06 Å². The van der Waals surface area contributed by atoms with Crippen LogP contribution in [0.4, 0.5) is 9.59 Å². The number of carbonyl (C=O) groups excluding carboxylic acids is 2. The fourth-order valence-corrected chi connectivity index (χ4v) is 6.11. The van der Waals surface area contributed by atoms with Crippen molar-refractivity contribution >= 4 is 12.1 Å². The Kier molecular flexibility index (Phi) is 5.93. The van der Waals surface area contributed by atoms with Gasteiger partial charge in [0, 0.05) is 31.6 Å². The third-order valence-corrected chi connectivity index (χ3v) is 8.24. The van der Waals surface area contributed by atoms with E-state index in [0.29, 0.717) is 26.2 Å². The van der Waals surface area contributed by atoms with Crippen molar-refractivity contribution in [2.45, 2.75) is 83.1 Å². The van der Waals surface area contributed by atoms with Crippen molar-refractivity contribution in [3.05, 3.63) is 53.4 Å². The van der Waals surface area contributed by atoms with Crippen LogP contribution in [0.5, 0.6) is 0 Å². The zero-order chi connectivity index (χ0) is 25.8. The van der Waals surface area contributed by atoms with E-state index in [2.05, 4.69) is 5.16 Å². The smallest absolute Gasteiger partial charge is 0.410 e. The van der Waals surface area contributed by atoms with Gasteiger partial charge < -0.3 is 19.1 Å². The molecule has 4 fully saturated rings. The van der Waals surface area contributed by atoms with Gasteiger partial charge in [0.2, 0.25) is 0 Å². The second-order valence-electron chi connectivity index (χ2n) is 12.0. The standard InChI is InChI=1S/C28H36N4O5/c1-27(2,3)36-26(34)30-13-7-10-20(16-30)23-14-21(29-37-23)22-15-28(11-12-28)24-17-31(22)25(33)32(24)35-18-19-8-5-4-6-9-19/h4-6,8-9,14,20,22,24H,7,10-13,15-18H2,1-3H3/t20?,22-,24-/m0/s1. The molecule has 6 rings (SSSR count). The normalized spacial score (nSPS) is 26.6. The van der Waals surface area contributed by atoms with E-state index in [0.717, 1.165) is 49.1 Å². The lowest BCUT2D eigenvalue weighted by Crippen LogP contribution is -2.42. The van der Waals surface area contributed by atoms with Crippen LogP contribution >= 0.6 is 0 Å². The molecule has 1 unspecified atom stereocenters. The highest BCUT2D eigenvalue weighted by Crippen LogP contribution is 2.61. The van der Waals surface area contributed by atoms with E-state index in [9.17, 15) is 9.59 Å². The second kappa shape index (κ2) is 9.04. The minimum atomic E-state index is -0.526. The molecular formula is C28H36N4O5. The van der Waals surface area contributed by atoms with Gasteiger partial charge in [0.25, 0.3) is 0 Å². The van der Waals surface area contributed by atoms with Crippen molar-refractivity contribution < 1.29 is 23.7 Å². The summed E-state index contributed by atoms with van der Waals surface area (Å²) in [4.78, 5) is 35.8. The van der Waals surface area contributed by atoms with Crippen LogP contribution in [0.3, 0.4) is 0 Å². The number of carbonyl (C=O) groups is 2. The molecule has 3 aliphatic heterocycles. The molecule has 1 aromatic heterocycles. The summed E-state index contributed by atoms with van der Waals surface area (Å²) in [6.45, 7) is 7.89. The van der Waals surface area contributed by atoms with E-state index in [4.69, 9.17) is 14.1 Å². The van der Waals surface area contributed by atoms with Gasteiger partial charge >= 0.3 is 12.1 Å². The van der Waals surface area contributed by atoms with Gasteiger partial charge in [-0.15, -0.1) is 0 Å². The zero-order valence-electron chi connectivity index (χ0n) is 21.9. The number of benzene rings is 1. The highest BCUT2D eigenvalue weighted by Gasteiger charge is 2.63. The summed E-state index contributed by atoms with van der Waals surface area (Å²) in [7, 11) is 0. The molecule has 9 heteroatoms. The molecular weight excluding hydrogens is 472 g/mol. The van der Waals surface area contributed by atoms with Gasteiger partial charge in [-0.1, -0.05) is 35.5 Å². The Morgan fingerprint density at radius 1 is 1.19 bits per heavy atom. The Bertz CT molecular complexity index is 1150. The maximum Gasteiger partial charge on any atom is 0.410 e. The number of hydroxylamine groups is 2. The van der Waals surface area contributed by atoms with E-state index in [1.165, 1.54) is 0 Å². The zero-order valence-corrected chi connectivity index (χ0v) is 21.9. The van der Waals surface area contributed by atoms with Gasteiger partial charge in [0.05, 0.1) is 12.1 Å². The van der Waals surface area contributed by atoms with E-state index >= 15 is 0 Å². The summed E-state index contributed by atoms with van der Waals surface area (Å²) in [5.74, 6) is 0.841. The minimum Gasteiger partial charge on any atom is -0.444 e. The van der Waals surface area contributed by atoms with Crippen LogP contribution in [-0.4, -0.2) is 63.4 Å². The molecule has 9 nitrogen and oxygen atoms in total. The number of nitrogens with zero attached hydrogens (tertiary/aromatic N) is 4. The number of ether oxygens (including phenoxy) is 1. The Morgan fingerprint density at radius 3 is 2.70 bits per heavy atom. The molecule has 1 aromatic carbocycles. The molecule has 3 atom stereocenters. The lowest BCUT2D eigenvalue weighted by atomic mass is 9.84. The molecule has 1 saturated carbocycles. The molecule has 4 heterocycles. The monoisotopic (exact) mass is 508 g/mol. The quantitative estimate of drug-likeness (QED) is 0.548. The summed E-state index contributed by atoms with van der Waals surface area (Å²) < 4.78 is 11.4. The lowest BCUT2D eigenvalue weighted by molar-refractivity contribution is -0.153. The highest BCUT2D eigenvalue weighted by molar-refractivity contribution is 5.77. The van der Waals surface area contributed by atoms with Gasteiger partial charge in [-0.05, 0) is 63.9 Å². The molecule has 1 spiro atoms. The van der Waals surface area contributed by atoms with Gasteiger partial charge in [-0.3, -0.25) is 4.84 Å². The lowest BCUT2D eigenvalue weighted by Gasteiger charge is -2.35. The average Bonchev–Trinajstić information content (AvgIpc) is 3.35. The molecule has 0 N–H and O–H groups in total. The van der Waals surface area contributed by atoms with Crippen LogP contribution in [0.1, 0.15) is 81.9 Å². The van der Waals surface area contributed by atoms with Crippen molar-refractivity contribution in [2.75, 3.05) is 19.6 Å². The van der Waals surface area contributed by atoms with Gasteiger partial charge in [0.1, 0.15) is 23.7 Å². The van der Waals surface area contributed by atoms with Crippen molar-refractivity contribution in [3.8, 4) is 0 Å². The number of piperidine rings is 2.